The number of hydrogen-bond acceptors (Lipinski definition) is 4. The monoisotopic (exact) mass is 291 g/mol. The zero-order valence-corrected chi connectivity index (χ0v) is 12.1. The first-order chi connectivity index (χ1) is 9.63. The van der Waals surface area contributed by atoms with E-state index in [2.05, 4.69) is 9.97 Å². The van der Waals surface area contributed by atoms with Crippen LogP contribution in [0.15, 0.2) is 17.6 Å². The van der Waals surface area contributed by atoms with Crippen LogP contribution < -0.4 is 0 Å². The molecule has 1 aliphatic rings. The molecule has 3 rings (SSSR count). The Morgan fingerprint density at radius 3 is 3.15 bits per heavy atom. The van der Waals surface area contributed by atoms with Gasteiger partial charge in [0.15, 0.2) is 0 Å². The summed E-state index contributed by atoms with van der Waals surface area (Å²) >= 11 is 1.59. The Balaban J connectivity index is 1.77. The molecule has 1 unspecified atom stereocenters. The molecule has 1 saturated heterocycles. The molecule has 0 bridgehead atoms. The molecule has 2 aromatic rings. The largest absolute Gasteiger partial charge is 0.391 e. The van der Waals surface area contributed by atoms with Gasteiger partial charge in [-0.1, -0.05) is 0 Å². The minimum Gasteiger partial charge on any atom is -0.391 e. The van der Waals surface area contributed by atoms with Crippen LogP contribution in [-0.4, -0.2) is 45.1 Å². The fraction of sp³-hybridized carbons (Fsp3) is 0.429. The highest BCUT2D eigenvalue weighted by atomic mass is 32.1. The van der Waals surface area contributed by atoms with E-state index in [4.69, 9.17) is 0 Å². The van der Waals surface area contributed by atoms with Crippen molar-refractivity contribution >= 4 is 17.2 Å². The van der Waals surface area contributed by atoms with E-state index in [-0.39, 0.29) is 5.91 Å². The van der Waals surface area contributed by atoms with Crippen molar-refractivity contribution in [2.24, 2.45) is 0 Å². The fourth-order valence-electron chi connectivity index (χ4n) is 2.47. The van der Waals surface area contributed by atoms with Gasteiger partial charge in [0.05, 0.1) is 16.8 Å². The maximum atomic E-state index is 12.4. The number of rotatable bonds is 2. The normalized spacial score (nSPS) is 19.3. The van der Waals surface area contributed by atoms with Crippen LogP contribution in [0.4, 0.5) is 0 Å². The maximum Gasteiger partial charge on any atom is 0.270 e. The van der Waals surface area contributed by atoms with Gasteiger partial charge in [-0.15, -0.1) is 11.3 Å². The van der Waals surface area contributed by atoms with E-state index in [1.54, 1.807) is 16.2 Å². The first-order valence-electron chi connectivity index (χ1n) is 6.72. The van der Waals surface area contributed by atoms with Crippen molar-refractivity contribution in [1.82, 2.24) is 14.9 Å². The summed E-state index contributed by atoms with van der Waals surface area (Å²) in [5.41, 5.74) is 2.37. The molecule has 3 heterocycles. The number of carbonyl (C=O) groups excluding carboxylic acids is 1. The minimum atomic E-state index is -0.400. The summed E-state index contributed by atoms with van der Waals surface area (Å²) in [5.74, 6) is -0.0537. The number of aliphatic hydroxyl groups is 1. The summed E-state index contributed by atoms with van der Waals surface area (Å²) in [6, 6.07) is 1.83. The van der Waals surface area contributed by atoms with Gasteiger partial charge in [0, 0.05) is 30.2 Å². The number of β-amino-alcohol motifs (C(OH)–C–C–N with tert-alkyl or cyclic N) is 1. The van der Waals surface area contributed by atoms with E-state index < -0.39 is 6.10 Å². The molecule has 0 spiro atoms. The third-order valence-corrected chi connectivity index (χ3v) is 4.29. The number of aryl methyl sites for hydroxylation is 1. The van der Waals surface area contributed by atoms with Crippen molar-refractivity contribution in [1.29, 1.82) is 0 Å². The molecule has 2 N–H and O–H groups in total. The second kappa shape index (κ2) is 5.38. The molecule has 106 valence electrons. The fourth-order valence-corrected chi connectivity index (χ4v) is 3.09. The molecule has 0 aliphatic carbocycles. The van der Waals surface area contributed by atoms with Crippen molar-refractivity contribution in [3.63, 3.8) is 0 Å². The van der Waals surface area contributed by atoms with Crippen molar-refractivity contribution < 1.29 is 9.90 Å². The standard InChI is InChI=1S/C14H17N3O2S/c1-9-16-13(8-20-9)10-5-12(15-6-10)14(19)17-4-2-3-11(18)7-17/h5-6,8,11,15,18H,2-4,7H2,1H3. The lowest BCUT2D eigenvalue weighted by Gasteiger charge is -2.29. The minimum absolute atomic E-state index is 0.0537. The lowest BCUT2D eigenvalue weighted by atomic mass is 10.1. The number of aliphatic hydroxyl groups excluding tert-OH is 1. The van der Waals surface area contributed by atoms with Gasteiger partial charge in [-0.25, -0.2) is 4.98 Å². The van der Waals surface area contributed by atoms with Crippen LogP contribution in [-0.2, 0) is 0 Å². The van der Waals surface area contributed by atoms with Gasteiger partial charge in [0.1, 0.15) is 5.69 Å². The van der Waals surface area contributed by atoms with E-state index in [0.717, 1.165) is 29.1 Å². The Bertz CT molecular complexity index is 619. The van der Waals surface area contributed by atoms with Gasteiger partial charge < -0.3 is 15.0 Å². The zero-order chi connectivity index (χ0) is 14.1. The molecule has 0 aromatic carbocycles. The van der Waals surface area contributed by atoms with Crippen LogP contribution in [0.5, 0.6) is 0 Å². The van der Waals surface area contributed by atoms with Gasteiger partial charge in [-0.2, -0.15) is 0 Å². The molecule has 1 aliphatic heterocycles. The Labute approximate surface area is 121 Å². The molecule has 0 radical (unpaired) electrons. The molecular formula is C14H17N3O2S. The number of aromatic amines is 1. The van der Waals surface area contributed by atoms with Crippen molar-refractivity contribution in [3.8, 4) is 11.3 Å². The number of nitrogens with one attached hydrogen (secondary N) is 1. The number of hydrogen-bond donors (Lipinski definition) is 2. The van der Waals surface area contributed by atoms with Crippen LogP contribution in [0, 0.1) is 6.92 Å². The molecular weight excluding hydrogens is 274 g/mol. The summed E-state index contributed by atoms with van der Waals surface area (Å²) in [4.78, 5) is 21.5. The number of carbonyl (C=O) groups is 1. The van der Waals surface area contributed by atoms with Gasteiger partial charge in [0.25, 0.3) is 5.91 Å². The number of thiazole rings is 1. The SMILES string of the molecule is Cc1nc(-c2c[nH]c(C(=O)N3CCCC(O)C3)c2)cs1. The van der Waals surface area contributed by atoms with E-state index in [0.29, 0.717) is 18.8 Å². The first kappa shape index (κ1) is 13.3. The quantitative estimate of drug-likeness (QED) is 0.889. The lowest BCUT2D eigenvalue weighted by Crippen LogP contribution is -2.42. The molecule has 1 amide bonds. The molecule has 6 heteroatoms. The van der Waals surface area contributed by atoms with Crippen LogP contribution in [0.1, 0.15) is 28.3 Å². The van der Waals surface area contributed by atoms with E-state index in [1.165, 1.54) is 0 Å². The predicted octanol–water partition coefficient (Wildman–Crippen LogP) is 2.04. The Morgan fingerprint density at radius 2 is 2.45 bits per heavy atom. The number of aromatic nitrogens is 2. The van der Waals surface area contributed by atoms with E-state index >= 15 is 0 Å². The van der Waals surface area contributed by atoms with E-state index in [1.807, 2.05) is 24.6 Å². The summed E-state index contributed by atoms with van der Waals surface area (Å²) < 4.78 is 0. The van der Waals surface area contributed by atoms with Crippen LogP contribution in [0.2, 0.25) is 0 Å². The number of amides is 1. The number of piperidine rings is 1. The first-order valence-corrected chi connectivity index (χ1v) is 7.59. The van der Waals surface area contributed by atoms with Gasteiger partial charge >= 0.3 is 0 Å². The van der Waals surface area contributed by atoms with E-state index in [9.17, 15) is 9.90 Å². The molecule has 20 heavy (non-hydrogen) atoms. The highest BCUT2D eigenvalue weighted by Gasteiger charge is 2.24. The zero-order valence-electron chi connectivity index (χ0n) is 11.3. The molecule has 0 saturated carbocycles. The highest BCUT2D eigenvalue weighted by Crippen LogP contribution is 2.23. The second-order valence-corrected chi connectivity index (χ2v) is 6.16. The topological polar surface area (TPSA) is 69.2 Å². The maximum absolute atomic E-state index is 12.4. The van der Waals surface area contributed by atoms with Gasteiger partial charge in [-0.05, 0) is 25.8 Å². The summed E-state index contributed by atoms with van der Waals surface area (Å²) in [6.07, 6.45) is 3.04. The summed E-state index contributed by atoms with van der Waals surface area (Å²) in [6.45, 7) is 3.09. The third kappa shape index (κ3) is 2.62. The average molecular weight is 291 g/mol. The van der Waals surface area contributed by atoms with Crippen LogP contribution >= 0.6 is 11.3 Å². The summed E-state index contributed by atoms with van der Waals surface area (Å²) in [7, 11) is 0. The number of H-pyrrole nitrogens is 1. The molecule has 1 fully saturated rings. The number of likely N-dealkylation sites (tertiary alicyclic amines) is 1. The average Bonchev–Trinajstić information content (AvgIpc) is 3.06. The third-order valence-electron chi connectivity index (χ3n) is 3.51. The Kier molecular flexibility index (Phi) is 3.58. The van der Waals surface area contributed by atoms with Crippen molar-refractivity contribution in [3.05, 3.63) is 28.3 Å². The molecule has 5 nitrogen and oxygen atoms in total. The molecule has 1 atom stereocenters. The Hall–Kier alpha value is -1.66. The van der Waals surface area contributed by atoms with Crippen molar-refractivity contribution in [2.45, 2.75) is 25.9 Å². The lowest BCUT2D eigenvalue weighted by molar-refractivity contribution is 0.0469. The van der Waals surface area contributed by atoms with Crippen molar-refractivity contribution in [2.75, 3.05) is 13.1 Å². The van der Waals surface area contributed by atoms with Crippen LogP contribution in [0.3, 0.4) is 0 Å². The van der Waals surface area contributed by atoms with Gasteiger partial charge in [-0.3, -0.25) is 4.79 Å². The Morgan fingerprint density at radius 1 is 1.60 bits per heavy atom. The molecule has 2 aromatic heterocycles. The smallest absolute Gasteiger partial charge is 0.270 e. The predicted molar refractivity (Wildman–Crippen MR) is 77.8 cm³/mol. The second-order valence-electron chi connectivity index (χ2n) is 5.10. The number of nitrogens with zero attached hydrogens (tertiary/aromatic N) is 2. The van der Waals surface area contributed by atoms with Gasteiger partial charge in [0.2, 0.25) is 0 Å². The summed E-state index contributed by atoms with van der Waals surface area (Å²) in [5, 5.41) is 12.6. The van der Waals surface area contributed by atoms with Crippen LogP contribution in [0.25, 0.3) is 11.3 Å². The highest BCUT2D eigenvalue weighted by molar-refractivity contribution is 7.09.